The van der Waals surface area contributed by atoms with Crippen LogP contribution < -0.4 is 11.3 Å². The summed E-state index contributed by atoms with van der Waals surface area (Å²) in [7, 11) is 1.93. The normalized spacial score (nSPS) is 12.8. The zero-order valence-corrected chi connectivity index (χ0v) is 8.83. The molecule has 14 heavy (non-hydrogen) atoms. The van der Waals surface area contributed by atoms with Crippen LogP contribution in [0.5, 0.6) is 0 Å². The van der Waals surface area contributed by atoms with E-state index in [1.165, 1.54) is 0 Å². The number of aryl methyl sites for hydroxylation is 2. The van der Waals surface area contributed by atoms with Gasteiger partial charge in [-0.1, -0.05) is 13.0 Å². The maximum Gasteiger partial charge on any atom is 0.0663 e. The zero-order chi connectivity index (χ0) is 10.6. The van der Waals surface area contributed by atoms with Gasteiger partial charge in [0.25, 0.3) is 0 Å². The average molecular weight is 194 g/mol. The third-order valence-corrected chi connectivity index (χ3v) is 2.29. The second kappa shape index (κ2) is 4.93. The fourth-order valence-corrected chi connectivity index (χ4v) is 1.48. The van der Waals surface area contributed by atoms with Gasteiger partial charge >= 0.3 is 0 Å². The molecule has 1 aromatic heterocycles. The van der Waals surface area contributed by atoms with Gasteiger partial charge < -0.3 is 0 Å². The molecule has 0 bridgehead atoms. The van der Waals surface area contributed by atoms with E-state index < -0.39 is 0 Å². The van der Waals surface area contributed by atoms with Crippen LogP contribution in [0.1, 0.15) is 30.8 Å². The van der Waals surface area contributed by atoms with Crippen molar-refractivity contribution in [3.63, 3.8) is 0 Å². The Morgan fingerprint density at radius 1 is 1.79 bits per heavy atom. The molecular weight excluding hydrogens is 176 g/mol. The lowest BCUT2D eigenvalue weighted by Crippen LogP contribution is -2.29. The Hall–Kier alpha value is -1.13. The van der Waals surface area contributed by atoms with Crippen molar-refractivity contribution in [1.82, 2.24) is 15.2 Å². The van der Waals surface area contributed by atoms with Gasteiger partial charge in [-0.3, -0.25) is 16.0 Å². The Kier molecular flexibility index (Phi) is 3.85. The van der Waals surface area contributed by atoms with Gasteiger partial charge in [-0.15, -0.1) is 6.58 Å². The van der Waals surface area contributed by atoms with Crippen LogP contribution >= 0.6 is 0 Å². The second-order valence-electron chi connectivity index (χ2n) is 3.28. The van der Waals surface area contributed by atoms with Crippen molar-refractivity contribution in [2.24, 2.45) is 12.9 Å². The first-order valence-electron chi connectivity index (χ1n) is 4.82. The molecule has 0 radical (unpaired) electrons. The largest absolute Gasteiger partial charge is 0.271 e. The van der Waals surface area contributed by atoms with Gasteiger partial charge in [0.15, 0.2) is 0 Å². The number of hydrogen-bond donors (Lipinski definition) is 2. The summed E-state index contributed by atoms with van der Waals surface area (Å²) in [5, 5.41) is 4.37. The average Bonchev–Trinajstić information content (AvgIpc) is 2.56. The first-order chi connectivity index (χ1) is 6.72. The van der Waals surface area contributed by atoms with E-state index >= 15 is 0 Å². The summed E-state index contributed by atoms with van der Waals surface area (Å²) in [6, 6.07) is 2.18. The highest BCUT2D eigenvalue weighted by Crippen LogP contribution is 2.16. The molecule has 1 heterocycles. The van der Waals surface area contributed by atoms with Crippen molar-refractivity contribution in [3.05, 3.63) is 30.1 Å². The number of aromatic nitrogens is 2. The summed E-state index contributed by atoms with van der Waals surface area (Å²) in [5.41, 5.74) is 4.96. The number of hydrazine groups is 1. The number of nitrogens with zero attached hydrogens (tertiary/aromatic N) is 2. The third kappa shape index (κ3) is 2.21. The van der Waals surface area contributed by atoms with Gasteiger partial charge in [0, 0.05) is 7.05 Å². The quantitative estimate of drug-likeness (QED) is 0.419. The Morgan fingerprint density at radius 2 is 2.50 bits per heavy atom. The Labute approximate surface area is 84.8 Å². The van der Waals surface area contributed by atoms with Crippen LogP contribution in [0.15, 0.2) is 18.7 Å². The number of nitrogens with two attached hydrogens (primary N) is 1. The molecule has 0 amide bonds. The molecule has 0 saturated heterocycles. The van der Waals surface area contributed by atoms with Gasteiger partial charge in [0.05, 0.1) is 17.4 Å². The molecular formula is C10H18N4. The second-order valence-corrected chi connectivity index (χ2v) is 3.28. The van der Waals surface area contributed by atoms with Gasteiger partial charge in [-0.25, -0.2) is 0 Å². The molecule has 1 rings (SSSR count). The molecule has 0 aliphatic heterocycles. The molecule has 78 valence electrons. The molecule has 1 unspecified atom stereocenters. The highest BCUT2D eigenvalue weighted by molar-refractivity contribution is 5.14. The van der Waals surface area contributed by atoms with E-state index in [0.717, 1.165) is 24.2 Å². The van der Waals surface area contributed by atoms with Gasteiger partial charge in [-0.2, -0.15) is 5.10 Å². The standard InChI is InChI=1S/C10H18N4/c1-4-6-9(12-11)10-7-8(5-2)13-14(10)3/h4,7,9,12H,1,5-6,11H2,2-3H3. The highest BCUT2D eigenvalue weighted by atomic mass is 15.3. The van der Waals surface area contributed by atoms with E-state index in [9.17, 15) is 0 Å². The maximum absolute atomic E-state index is 5.47. The Bertz CT molecular complexity index is 303. The van der Waals surface area contributed by atoms with Crippen LogP contribution in [0.2, 0.25) is 0 Å². The fourth-order valence-electron chi connectivity index (χ4n) is 1.48. The maximum atomic E-state index is 5.47. The molecule has 0 fully saturated rings. The van der Waals surface area contributed by atoms with E-state index in [-0.39, 0.29) is 6.04 Å². The molecule has 3 N–H and O–H groups in total. The summed E-state index contributed by atoms with van der Waals surface area (Å²) in [5.74, 6) is 5.47. The van der Waals surface area contributed by atoms with E-state index in [0.29, 0.717) is 0 Å². The lowest BCUT2D eigenvalue weighted by Gasteiger charge is -2.13. The molecule has 0 saturated carbocycles. The van der Waals surface area contributed by atoms with E-state index in [4.69, 9.17) is 5.84 Å². The van der Waals surface area contributed by atoms with Crippen LogP contribution in [0, 0.1) is 0 Å². The van der Waals surface area contributed by atoms with Crippen molar-refractivity contribution < 1.29 is 0 Å². The van der Waals surface area contributed by atoms with Crippen LogP contribution in [-0.4, -0.2) is 9.78 Å². The Morgan fingerprint density at radius 3 is 2.93 bits per heavy atom. The molecule has 1 aromatic rings. The first kappa shape index (κ1) is 10.9. The zero-order valence-electron chi connectivity index (χ0n) is 8.83. The number of nitrogens with one attached hydrogen (secondary N) is 1. The minimum absolute atomic E-state index is 0.102. The molecule has 1 atom stereocenters. The minimum Gasteiger partial charge on any atom is -0.271 e. The molecule has 0 aromatic carbocycles. The summed E-state index contributed by atoms with van der Waals surface area (Å²) < 4.78 is 1.87. The lowest BCUT2D eigenvalue weighted by atomic mass is 10.1. The minimum atomic E-state index is 0.102. The monoisotopic (exact) mass is 194 g/mol. The number of rotatable bonds is 5. The van der Waals surface area contributed by atoms with Crippen molar-refractivity contribution in [2.75, 3.05) is 0 Å². The summed E-state index contributed by atoms with van der Waals surface area (Å²) in [4.78, 5) is 0. The predicted octanol–water partition coefficient (Wildman–Crippen LogP) is 1.06. The SMILES string of the molecule is C=CCC(NN)c1cc(CC)nn1C. The topological polar surface area (TPSA) is 55.9 Å². The van der Waals surface area contributed by atoms with Crippen LogP contribution in [0.3, 0.4) is 0 Å². The van der Waals surface area contributed by atoms with Crippen molar-refractivity contribution in [2.45, 2.75) is 25.8 Å². The van der Waals surface area contributed by atoms with Gasteiger partial charge in [-0.05, 0) is 18.9 Å². The molecule has 0 spiro atoms. The van der Waals surface area contributed by atoms with E-state index in [2.05, 4.69) is 30.1 Å². The van der Waals surface area contributed by atoms with Gasteiger partial charge in [0.2, 0.25) is 0 Å². The number of hydrogen-bond acceptors (Lipinski definition) is 3. The summed E-state index contributed by atoms with van der Waals surface area (Å²) in [6.45, 7) is 5.79. The predicted molar refractivity (Wildman–Crippen MR) is 57.5 cm³/mol. The van der Waals surface area contributed by atoms with Crippen LogP contribution in [0.25, 0.3) is 0 Å². The summed E-state index contributed by atoms with van der Waals surface area (Å²) in [6.07, 6.45) is 3.60. The molecule has 0 aliphatic rings. The Balaban J connectivity index is 2.90. The highest BCUT2D eigenvalue weighted by Gasteiger charge is 2.13. The third-order valence-electron chi connectivity index (χ3n) is 2.29. The molecule has 4 heteroatoms. The van der Waals surface area contributed by atoms with Crippen molar-refractivity contribution in [3.8, 4) is 0 Å². The molecule has 0 aliphatic carbocycles. The lowest BCUT2D eigenvalue weighted by molar-refractivity contribution is 0.515. The van der Waals surface area contributed by atoms with Crippen molar-refractivity contribution in [1.29, 1.82) is 0 Å². The summed E-state index contributed by atoms with van der Waals surface area (Å²) >= 11 is 0. The smallest absolute Gasteiger partial charge is 0.0663 e. The van der Waals surface area contributed by atoms with Crippen LogP contribution in [0.4, 0.5) is 0 Å². The van der Waals surface area contributed by atoms with E-state index in [1.807, 2.05) is 17.8 Å². The van der Waals surface area contributed by atoms with Crippen LogP contribution in [-0.2, 0) is 13.5 Å². The fraction of sp³-hybridized carbons (Fsp3) is 0.500. The molecule has 4 nitrogen and oxygen atoms in total. The van der Waals surface area contributed by atoms with E-state index in [1.54, 1.807) is 0 Å². The van der Waals surface area contributed by atoms with Crippen molar-refractivity contribution >= 4 is 0 Å². The van der Waals surface area contributed by atoms with Gasteiger partial charge in [0.1, 0.15) is 0 Å². The first-order valence-corrected chi connectivity index (χ1v) is 4.82.